The molecule has 0 fully saturated rings. The molecular weight excluding hydrogens is 268 g/mol. The number of hydrogen-bond acceptors (Lipinski definition) is 1. The molecule has 0 aliphatic carbocycles. The van der Waals surface area contributed by atoms with E-state index in [-0.39, 0.29) is 6.03 Å². The fourth-order valence-electron chi connectivity index (χ4n) is 1.43. The van der Waals surface area contributed by atoms with Crippen molar-refractivity contribution in [2.75, 3.05) is 11.9 Å². The number of nitrogens with one attached hydrogen (secondary N) is 2. The van der Waals surface area contributed by atoms with Crippen molar-refractivity contribution in [3.05, 3.63) is 40.4 Å². The van der Waals surface area contributed by atoms with E-state index in [1.54, 1.807) is 6.08 Å². The number of aryl methyl sites for hydroxylation is 2. The predicted molar refractivity (Wildman–Crippen MR) is 70.8 cm³/mol. The maximum absolute atomic E-state index is 11.5. The third kappa shape index (κ3) is 3.38. The number of hydrogen-bond donors (Lipinski definition) is 2. The Hall–Kier alpha value is -1.29. The van der Waals surface area contributed by atoms with Crippen LogP contribution in [0, 0.1) is 13.8 Å². The van der Waals surface area contributed by atoms with Crippen molar-refractivity contribution in [3.8, 4) is 0 Å². The Labute approximate surface area is 104 Å². The summed E-state index contributed by atoms with van der Waals surface area (Å²) in [7, 11) is 0. The first-order valence-electron chi connectivity index (χ1n) is 4.97. The summed E-state index contributed by atoms with van der Waals surface area (Å²) in [6.45, 7) is 7.91. The smallest absolute Gasteiger partial charge is 0.319 e. The highest BCUT2D eigenvalue weighted by molar-refractivity contribution is 9.10. The maximum Gasteiger partial charge on any atom is 0.319 e. The van der Waals surface area contributed by atoms with E-state index < -0.39 is 0 Å². The summed E-state index contributed by atoms with van der Waals surface area (Å²) < 4.78 is 1.01. The second kappa shape index (κ2) is 5.70. The first-order chi connectivity index (χ1) is 7.54. The molecule has 0 spiro atoms. The summed E-state index contributed by atoms with van der Waals surface area (Å²) in [4.78, 5) is 11.5. The molecule has 0 radical (unpaired) electrons. The van der Waals surface area contributed by atoms with E-state index in [1.807, 2.05) is 26.0 Å². The second-order valence-corrected chi connectivity index (χ2v) is 4.45. The molecule has 2 N–H and O–H groups in total. The highest BCUT2D eigenvalue weighted by Gasteiger charge is 2.07. The van der Waals surface area contributed by atoms with Crippen molar-refractivity contribution in [1.29, 1.82) is 0 Å². The van der Waals surface area contributed by atoms with Crippen molar-refractivity contribution in [2.45, 2.75) is 13.8 Å². The Morgan fingerprint density at radius 3 is 2.50 bits per heavy atom. The van der Waals surface area contributed by atoms with E-state index in [0.29, 0.717) is 6.54 Å². The lowest BCUT2D eigenvalue weighted by atomic mass is 10.1. The average Bonchev–Trinajstić information content (AvgIpc) is 2.20. The quantitative estimate of drug-likeness (QED) is 0.820. The molecule has 0 aromatic heterocycles. The van der Waals surface area contributed by atoms with Gasteiger partial charge in [0, 0.05) is 16.7 Å². The number of carbonyl (C=O) groups is 1. The molecule has 16 heavy (non-hydrogen) atoms. The number of rotatable bonds is 3. The fourth-order valence-corrected chi connectivity index (χ4v) is 2.12. The van der Waals surface area contributed by atoms with E-state index in [0.717, 1.165) is 21.3 Å². The minimum absolute atomic E-state index is 0.214. The fraction of sp³-hybridized carbons (Fsp3) is 0.250. The monoisotopic (exact) mass is 282 g/mol. The van der Waals surface area contributed by atoms with Crippen LogP contribution in [0.5, 0.6) is 0 Å². The standard InChI is InChI=1S/C12H15BrN2O/c1-4-5-14-12(16)15-11-8(2)6-10(13)7-9(11)3/h4,6-7H,1,5H2,2-3H3,(H2,14,15,16). The zero-order valence-electron chi connectivity index (χ0n) is 9.43. The molecule has 0 heterocycles. The van der Waals surface area contributed by atoms with Crippen LogP contribution in [0.3, 0.4) is 0 Å². The molecule has 86 valence electrons. The first kappa shape index (κ1) is 12.8. The van der Waals surface area contributed by atoms with E-state index in [4.69, 9.17) is 0 Å². The highest BCUT2D eigenvalue weighted by Crippen LogP contribution is 2.24. The summed E-state index contributed by atoms with van der Waals surface area (Å²) in [5, 5.41) is 5.49. The van der Waals surface area contributed by atoms with Crippen LogP contribution in [0.25, 0.3) is 0 Å². The first-order valence-corrected chi connectivity index (χ1v) is 5.76. The topological polar surface area (TPSA) is 41.1 Å². The summed E-state index contributed by atoms with van der Waals surface area (Å²) in [6.07, 6.45) is 1.64. The molecule has 1 rings (SSSR count). The Morgan fingerprint density at radius 2 is 2.00 bits per heavy atom. The van der Waals surface area contributed by atoms with Gasteiger partial charge in [0.25, 0.3) is 0 Å². The number of carbonyl (C=O) groups excluding carboxylic acids is 1. The third-order valence-electron chi connectivity index (χ3n) is 2.14. The predicted octanol–water partition coefficient (Wildman–Crippen LogP) is 3.37. The molecule has 0 aliphatic rings. The van der Waals surface area contributed by atoms with Crippen molar-refractivity contribution < 1.29 is 4.79 Å². The van der Waals surface area contributed by atoms with Crippen LogP contribution in [-0.4, -0.2) is 12.6 Å². The largest absolute Gasteiger partial charge is 0.334 e. The Kier molecular flexibility index (Phi) is 4.55. The lowest BCUT2D eigenvalue weighted by Crippen LogP contribution is -2.29. The van der Waals surface area contributed by atoms with Gasteiger partial charge in [-0.15, -0.1) is 6.58 Å². The van der Waals surface area contributed by atoms with Gasteiger partial charge in [0.2, 0.25) is 0 Å². The number of urea groups is 1. The normalized spacial score (nSPS) is 9.69. The number of amides is 2. The lowest BCUT2D eigenvalue weighted by molar-refractivity contribution is 0.253. The van der Waals surface area contributed by atoms with E-state index >= 15 is 0 Å². The average molecular weight is 283 g/mol. The van der Waals surface area contributed by atoms with Gasteiger partial charge < -0.3 is 10.6 Å². The van der Waals surface area contributed by atoms with E-state index in [9.17, 15) is 4.79 Å². The molecule has 1 aromatic rings. The van der Waals surface area contributed by atoms with Gasteiger partial charge >= 0.3 is 6.03 Å². The van der Waals surface area contributed by atoms with Crippen LogP contribution in [0.15, 0.2) is 29.3 Å². The molecular formula is C12H15BrN2O. The molecule has 0 saturated carbocycles. The van der Waals surface area contributed by atoms with Gasteiger partial charge in [0.15, 0.2) is 0 Å². The molecule has 0 aliphatic heterocycles. The summed E-state index contributed by atoms with van der Waals surface area (Å²) in [5.41, 5.74) is 2.91. The number of benzene rings is 1. The zero-order chi connectivity index (χ0) is 12.1. The molecule has 4 heteroatoms. The Bertz CT molecular complexity index is 392. The van der Waals surface area contributed by atoms with Crippen LogP contribution < -0.4 is 10.6 Å². The minimum atomic E-state index is -0.214. The van der Waals surface area contributed by atoms with Gasteiger partial charge in [0.05, 0.1) is 0 Å². The van der Waals surface area contributed by atoms with Crippen LogP contribution in [0.4, 0.5) is 10.5 Å². The zero-order valence-corrected chi connectivity index (χ0v) is 11.0. The van der Waals surface area contributed by atoms with Crippen molar-refractivity contribution in [2.24, 2.45) is 0 Å². The van der Waals surface area contributed by atoms with Crippen LogP contribution in [-0.2, 0) is 0 Å². The molecule has 0 bridgehead atoms. The highest BCUT2D eigenvalue weighted by atomic mass is 79.9. The molecule has 3 nitrogen and oxygen atoms in total. The van der Waals surface area contributed by atoms with Gasteiger partial charge in [-0.3, -0.25) is 0 Å². The molecule has 0 atom stereocenters. The number of halogens is 1. The van der Waals surface area contributed by atoms with Gasteiger partial charge in [-0.05, 0) is 37.1 Å². The van der Waals surface area contributed by atoms with Gasteiger partial charge in [0.1, 0.15) is 0 Å². The number of anilines is 1. The van der Waals surface area contributed by atoms with Gasteiger partial charge in [-0.25, -0.2) is 4.79 Å². The van der Waals surface area contributed by atoms with Crippen molar-refractivity contribution in [1.82, 2.24) is 5.32 Å². The molecule has 0 unspecified atom stereocenters. The van der Waals surface area contributed by atoms with Crippen LogP contribution >= 0.6 is 15.9 Å². The SMILES string of the molecule is C=CCNC(=O)Nc1c(C)cc(Br)cc1C. The minimum Gasteiger partial charge on any atom is -0.334 e. The van der Waals surface area contributed by atoms with Crippen LogP contribution in [0.2, 0.25) is 0 Å². The molecule has 0 saturated heterocycles. The third-order valence-corrected chi connectivity index (χ3v) is 2.60. The second-order valence-electron chi connectivity index (χ2n) is 3.54. The summed E-state index contributed by atoms with van der Waals surface area (Å²) in [6, 6.07) is 3.72. The maximum atomic E-state index is 11.5. The lowest BCUT2D eigenvalue weighted by Gasteiger charge is -2.12. The van der Waals surface area contributed by atoms with E-state index in [2.05, 4.69) is 33.1 Å². The summed E-state index contributed by atoms with van der Waals surface area (Å²) in [5.74, 6) is 0. The molecule has 2 amide bonds. The van der Waals surface area contributed by atoms with Crippen molar-refractivity contribution in [3.63, 3.8) is 0 Å². The van der Waals surface area contributed by atoms with Gasteiger partial charge in [-0.2, -0.15) is 0 Å². The van der Waals surface area contributed by atoms with Gasteiger partial charge in [-0.1, -0.05) is 22.0 Å². The molecule has 1 aromatic carbocycles. The van der Waals surface area contributed by atoms with Crippen molar-refractivity contribution >= 4 is 27.6 Å². The van der Waals surface area contributed by atoms with E-state index in [1.165, 1.54) is 0 Å². The Morgan fingerprint density at radius 1 is 1.44 bits per heavy atom. The Balaban J connectivity index is 2.81. The summed E-state index contributed by atoms with van der Waals surface area (Å²) >= 11 is 3.41. The van der Waals surface area contributed by atoms with Crippen LogP contribution in [0.1, 0.15) is 11.1 Å².